The van der Waals surface area contributed by atoms with Gasteiger partial charge in [0.15, 0.2) is 5.75 Å². The van der Waals surface area contributed by atoms with E-state index in [1.54, 1.807) is 0 Å². The number of amides is 1. The summed E-state index contributed by atoms with van der Waals surface area (Å²) in [5.74, 6) is -3.21. The number of alkyl halides is 6. The van der Waals surface area contributed by atoms with E-state index in [-0.39, 0.29) is 0 Å². The molecule has 1 aromatic rings. The number of carbonyl (C=O) groups is 1. The van der Waals surface area contributed by atoms with Crippen LogP contribution in [0.1, 0.15) is 28.0 Å². The molecule has 1 rings (SSSR count). The van der Waals surface area contributed by atoms with Crippen molar-refractivity contribution in [2.75, 3.05) is 0 Å². The highest BCUT2D eigenvalue weighted by molar-refractivity contribution is 6.17. The first-order valence-corrected chi connectivity index (χ1v) is 5.12. The van der Waals surface area contributed by atoms with Gasteiger partial charge in [-0.1, -0.05) is 0 Å². The van der Waals surface area contributed by atoms with Gasteiger partial charge in [0, 0.05) is 0 Å². The fourth-order valence-electron chi connectivity index (χ4n) is 1.35. The van der Waals surface area contributed by atoms with Crippen molar-refractivity contribution in [1.29, 1.82) is 0 Å². The Morgan fingerprint density at radius 2 is 2.05 bits per heavy atom. The number of ether oxygens (including phenoxy) is 1. The number of hydrogen-bond donors (Lipinski definition) is 1. The summed E-state index contributed by atoms with van der Waals surface area (Å²) in [6.45, 7) is 0. The molecule has 0 spiro atoms. The van der Waals surface area contributed by atoms with Crippen molar-refractivity contribution in [2.24, 2.45) is 5.73 Å². The minimum absolute atomic E-state index is 0.444. The Morgan fingerprint density at radius 3 is 2.42 bits per heavy atom. The number of carbonyl (C=O) groups excluding carboxylic acids is 1. The first kappa shape index (κ1) is 15.4. The Labute approximate surface area is 108 Å². The number of nitrogens with two attached hydrogens (primary N) is 1. The highest BCUT2D eigenvalue weighted by Crippen LogP contribution is 2.34. The van der Waals surface area contributed by atoms with Gasteiger partial charge in [0.1, 0.15) is 0 Å². The van der Waals surface area contributed by atoms with Gasteiger partial charge in [-0.05, 0) is 0 Å². The Morgan fingerprint density at radius 1 is 1.47 bits per heavy atom. The summed E-state index contributed by atoms with van der Waals surface area (Å²) >= 11 is 5.33. The van der Waals surface area contributed by atoms with Crippen molar-refractivity contribution in [3.8, 4) is 5.75 Å². The van der Waals surface area contributed by atoms with Gasteiger partial charge >= 0.3 is 6.36 Å². The quantitative estimate of drug-likeness (QED) is 0.687. The van der Waals surface area contributed by atoms with E-state index in [1.807, 2.05) is 0 Å². The van der Waals surface area contributed by atoms with Crippen LogP contribution in [0.4, 0.5) is 22.0 Å². The SMILES string of the molecule is NC(=O)c1c(OC(F)(F)F)cnc(CCl)c1C(F)F. The van der Waals surface area contributed by atoms with E-state index in [9.17, 15) is 26.7 Å². The number of halogens is 6. The van der Waals surface area contributed by atoms with Crippen molar-refractivity contribution in [3.05, 3.63) is 23.0 Å². The van der Waals surface area contributed by atoms with E-state index in [0.717, 1.165) is 0 Å². The Hall–Kier alpha value is -1.64. The third-order valence-electron chi connectivity index (χ3n) is 1.98. The standard InChI is InChI=1S/C9H6ClF5N2O2/c10-1-3-5(7(11)12)6(8(16)18)4(2-17-3)19-9(13,14)15/h2,7H,1H2,(H2,16,18). The van der Waals surface area contributed by atoms with E-state index in [2.05, 4.69) is 9.72 Å². The van der Waals surface area contributed by atoms with Crippen LogP contribution in [0.2, 0.25) is 0 Å². The van der Waals surface area contributed by atoms with Gasteiger partial charge in [-0.2, -0.15) is 0 Å². The second-order valence-electron chi connectivity index (χ2n) is 3.20. The number of nitrogens with zero attached hydrogens (tertiary/aromatic N) is 1. The molecule has 0 unspecified atom stereocenters. The van der Waals surface area contributed by atoms with Crippen LogP contribution in [0.5, 0.6) is 5.75 Å². The molecule has 106 valence electrons. The van der Waals surface area contributed by atoms with Crippen LogP contribution in [0, 0.1) is 0 Å². The smallest absolute Gasteiger partial charge is 0.403 e. The fraction of sp³-hybridized carbons (Fsp3) is 0.333. The third-order valence-corrected chi connectivity index (χ3v) is 2.23. The summed E-state index contributed by atoms with van der Waals surface area (Å²) in [6.07, 6.45) is -7.98. The molecular formula is C9H6ClF5N2O2. The Bertz CT molecular complexity index is 492. The summed E-state index contributed by atoms with van der Waals surface area (Å²) in [4.78, 5) is 14.4. The minimum atomic E-state index is -5.17. The van der Waals surface area contributed by atoms with E-state index in [1.165, 1.54) is 0 Å². The van der Waals surface area contributed by atoms with Gasteiger partial charge in [0.2, 0.25) is 0 Å². The number of pyridine rings is 1. The predicted molar refractivity (Wildman–Crippen MR) is 54.0 cm³/mol. The molecule has 1 amide bonds. The lowest BCUT2D eigenvalue weighted by Crippen LogP contribution is -2.23. The third kappa shape index (κ3) is 3.66. The van der Waals surface area contributed by atoms with E-state index < -0.39 is 47.1 Å². The summed E-state index contributed by atoms with van der Waals surface area (Å²) in [6, 6.07) is 0. The molecule has 0 radical (unpaired) electrons. The van der Waals surface area contributed by atoms with E-state index in [4.69, 9.17) is 17.3 Å². The van der Waals surface area contributed by atoms with E-state index in [0.29, 0.717) is 6.20 Å². The normalized spacial score (nSPS) is 11.7. The number of rotatable bonds is 4. The summed E-state index contributed by atoms with van der Waals surface area (Å²) in [5, 5.41) is 0. The highest BCUT2D eigenvalue weighted by atomic mass is 35.5. The molecule has 10 heteroatoms. The molecule has 1 aromatic heterocycles. The molecular weight excluding hydrogens is 299 g/mol. The minimum Gasteiger partial charge on any atom is -0.403 e. The molecule has 1 heterocycles. The second-order valence-corrected chi connectivity index (χ2v) is 3.47. The molecule has 0 aliphatic rings. The zero-order valence-corrected chi connectivity index (χ0v) is 9.73. The molecule has 0 saturated carbocycles. The van der Waals surface area contributed by atoms with Crippen LogP contribution in [-0.2, 0) is 5.88 Å². The zero-order chi connectivity index (χ0) is 14.8. The molecule has 19 heavy (non-hydrogen) atoms. The second kappa shape index (κ2) is 5.55. The number of primary amides is 1. The van der Waals surface area contributed by atoms with Gasteiger partial charge < -0.3 is 10.5 Å². The summed E-state index contributed by atoms with van der Waals surface area (Å²) in [5.41, 5.74) is 2.21. The monoisotopic (exact) mass is 304 g/mol. The van der Waals surface area contributed by atoms with Crippen molar-refractivity contribution in [1.82, 2.24) is 4.98 Å². The van der Waals surface area contributed by atoms with Crippen molar-refractivity contribution < 1.29 is 31.5 Å². The predicted octanol–water partition coefficient (Wildman–Crippen LogP) is 2.76. The topological polar surface area (TPSA) is 65.2 Å². The van der Waals surface area contributed by atoms with E-state index >= 15 is 0 Å². The molecule has 0 atom stereocenters. The molecule has 0 fully saturated rings. The fourth-order valence-corrected chi connectivity index (χ4v) is 1.56. The molecule has 0 aliphatic heterocycles. The number of aromatic nitrogens is 1. The summed E-state index contributed by atoms with van der Waals surface area (Å²) < 4.78 is 65.3. The van der Waals surface area contributed by atoms with Crippen LogP contribution in [0.25, 0.3) is 0 Å². The molecule has 4 nitrogen and oxygen atoms in total. The van der Waals surface area contributed by atoms with Crippen LogP contribution in [-0.4, -0.2) is 17.3 Å². The lowest BCUT2D eigenvalue weighted by molar-refractivity contribution is -0.274. The lowest BCUT2D eigenvalue weighted by atomic mass is 10.1. The molecule has 0 saturated heterocycles. The van der Waals surface area contributed by atoms with Crippen molar-refractivity contribution in [3.63, 3.8) is 0 Å². The lowest BCUT2D eigenvalue weighted by Gasteiger charge is -2.16. The maximum atomic E-state index is 12.8. The van der Waals surface area contributed by atoms with Gasteiger partial charge in [0.05, 0.1) is 28.9 Å². The number of hydrogen-bond acceptors (Lipinski definition) is 3. The average molecular weight is 305 g/mol. The Balaban J connectivity index is 3.49. The highest BCUT2D eigenvalue weighted by Gasteiger charge is 2.35. The van der Waals surface area contributed by atoms with Crippen molar-refractivity contribution in [2.45, 2.75) is 18.7 Å². The molecule has 0 bridgehead atoms. The van der Waals surface area contributed by atoms with Gasteiger partial charge in [-0.25, -0.2) is 8.78 Å². The van der Waals surface area contributed by atoms with Crippen LogP contribution < -0.4 is 10.5 Å². The largest absolute Gasteiger partial charge is 0.573 e. The van der Waals surface area contributed by atoms with Crippen molar-refractivity contribution >= 4 is 17.5 Å². The maximum Gasteiger partial charge on any atom is 0.573 e. The maximum absolute atomic E-state index is 12.8. The summed E-state index contributed by atoms with van der Waals surface area (Å²) in [7, 11) is 0. The zero-order valence-electron chi connectivity index (χ0n) is 8.97. The van der Waals surface area contributed by atoms with Crippen LogP contribution in [0.15, 0.2) is 6.20 Å². The first-order chi connectivity index (χ1) is 8.67. The van der Waals surface area contributed by atoms with Gasteiger partial charge in [0.25, 0.3) is 12.3 Å². The van der Waals surface area contributed by atoms with Gasteiger partial charge in [-0.3, -0.25) is 9.78 Å². The first-order valence-electron chi connectivity index (χ1n) is 4.58. The molecule has 0 aliphatic carbocycles. The Kier molecular flexibility index (Phi) is 4.51. The average Bonchev–Trinajstić information content (AvgIpc) is 2.25. The van der Waals surface area contributed by atoms with Crippen LogP contribution >= 0.6 is 11.6 Å². The molecule has 0 aromatic carbocycles. The van der Waals surface area contributed by atoms with Crippen LogP contribution in [0.3, 0.4) is 0 Å². The van der Waals surface area contributed by atoms with Gasteiger partial charge in [-0.15, -0.1) is 24.8 Å². The molecule has 2 N–H and O–H groups in total.